The molecule has 0 saturated carbocycles. The van der Waals surface area contributed by atoms with Crippen LogP contribution in [0.1, 0.15) is 42.6 Å². The van der Waals surface area contributed by atoms with E-state index in [0.29, 0.717) is 11.6 Å². The molecule has 0 aliphatic heterocycles. The van der Waals surface area contributed by atoms with Crippen LogP contribution in [0, 0.1) is 6.92 Å². The first-order valence-corrected chi connectivity index (χ1v) is 5.69. The first kappa shape index (κ1) is 12.6. The SMILES string of the molecule is CCC(CC)Nc1ccc(C)c(C(=O)O)c1. The van der Waals surface area contributed by atoms with Crippen molar-refractivity contribution < 1.29 is 9.90 Å². The summed E-state index contributed by atoms with van der Waals surface area (Å²) in [6.07, 6.45) is 2.07. The summed E-state index contributed by atoms with van der Waals surface area (Å²) in [5.74, 6) is -0.870. The molecule has 0 aromatic heterocycles. The molecule has 0 radical (unpaired) electrons. The molecule has 1 rings (SSSR count). The number of hydrogen-bond donors (Lipinski definition) is 2. The van der Waals surface area contributed by atoms with E-state index in [4.69, 9.17) is 5.11 Å². The van der Waals surface area contributed by atoms with Gasteiger partial charge in [-0.1, -0.05) is 19.9 Å². The summed E-state index contributed by atoms with van der Waals surface area (Å²) in [6.45, 7) is 6.05. The molecule has 1 aromatic rings. The predicted octanol–water partition coefficient (Wildman–Crippen LogP) is 3.29. The molecule has 0 spiro atoms. The lowest BCUT2D eigenvalue weighted by molar-refractivity contribution is 0.0696. The molecule has 16 heavy (non-hydrogen) atoms. The predicted molar refractivity (Wildman–Crippen MR) is 66.1 cm³/mol. The van der Waals surface area contributed by atoms with Crippen LogP contribution in [0.5, 0.6) is 0 Å². The summed E-state index contributed by atoms with van der Waals surface area (Å²) < 4.78 is 0. The second-order valence-corrected chi connectivity index (χ2v) is 3.99. The fraction of sp³-hybridized carbons (Fsp3) is 0.462. The van der Waals surface area contributed by atoms with Crippen LogP contribution >= 0.6 is 0 Å². The van der Waals surface area contributed by atoms with Crippen LogP contribution < -0.4 is 5.32 Å². The van der Waals surface area contributed by atoms with Crippen molar-refractivity contribution >= 4 is 11.7 Å². The van der Waals surface area contributed by atoms with Crippen LogP contribution in [-0.4, -0.2) is 17.1 Å². The maximum atomic E-state index is 11.0. The van der Waals surface area contributed by atoms with Crippen molar-refractivity contribution in [2.24, 2.45) is 0 Å². The zero-order valence-electron chi connectivity index (χ0n) is 10.1. The summed E-state index contributed by atoms with van der Waals surface area (Å²) >= 11 is 0. The topological polar surface area (TPSA) is 49.3 Å². The molecule has 1 aromatic carbocycles. The van der Waals surface area contributed by atoms with Gasteiger partial charge in [-0.15, -0.1) is 0 Å². The van der Waals surface area contributed by atoms with Crippen LogP contribution in [0.15, 0.2) is 18.2 Å². The Bertz CT molecular complexity index is 370. The standard InChI is InChI=1S/C13H19NO2/c1-4-10(5-2)14-11-7-6-9(3)12(8-11)13(15)16/h6-8,10,14H,4-5H2,1-3H3,(H,15,16). The van der Waals surface area contributed by atoms with Crippen molar-refractivity contribution in [2.75, 3.05) is 5.32 Å². The third-order valence-electron chi connectivity index (χ3n) is 2.82. The highest BCUT2D eigenvalue weighted by atomic mass is 16.4. The smallest absolute Gasteiger partial charge is 0.336 e. The molecule has 0 saturated heterocycles. The van der Waals surface area contributed by atoms with E-state index in [1.165, 1.54) is 0 Å². The van der Waals surface area contributed by atoms with Crippen LogP contribution in [-0.2, 0) is 0 Å². The summed E-state index contributed by atoms with van der Waals surface area (Å²) in [5, 5.41) is 12.3. The Labute approximate surface area is 96.5 Å². The Morgan fingerprint density at radius 1 is 1.38 bits per heavy atom. The van der Waals surface area contributed by atoms with Crippen LogP contribution in [0.4, 0.5) is 5.69 Å². The van der Waals surface area contributed by atoms with Gasteiger partial charge >= 0.3 is 5.97 Å². The highest BCUT2D eigenvalue weighted by Gasteiger charge is 2.09. The highest BCUT2D eigenvalue weighted by Crippen LogP contribution is 2.17. The van der Waals surface area contributed by atoms with E-state index in [9.17, 15) is 4.79 Å². The fourth-order valence-electron chi connectivity index (χ4n) is 1.67. The molecule has 0 aliphatic carbocycles. The molecular weight excluding hydrogens is 202 g/mol. The highest BCUT2D eigenvalue weighted by molar-refractivity contribution is 5.90. The molecule has 88 valence electrons. The maximum Gasteiger partial charge on any atom is 0.336 e. The minimum atomic E-state index is -0.870. The number of carboxylic acid groups (broad SMARTS) is 1. The molecular formula is C13H19NO2. The molecule has 0 fully saturated rings. The molecule has 0 heterocycles. The van der Waals surface area contributed by atoms with Gasteiger partial charge in [0.1, 0.15) is 0 Å². The molecule has 0 bridgehead atoms. The molecule has 0 aliphatic rings. The number of hydrogen-bond acceptors (Lipinski definition) is 2. The monoisotopic (exact) mass is 221 g/mol. The van der Waals surface area contributed by atoms with Crippen LogP contribution in [0.3, 0.4) is 0 Å². The molecule has 3 nitrogen and oxygen atoms in total. The number of aryl methyl sites for hydroxylation is 1. The number of carboxylic acids is 1. The molecule has 0 amide bonds. The van der Waals surface area contributed by atoms with Crippen molar-refractivity contribution in [3.63, 3.8) is 0 Å². The van der Waals surface area contributed by atoms with E-state index in [2.05, 4.69) is 19.2 Å². The van der Waals surface area contributed by atoms with Gasteiger partial charge in [-0.05, 0) is 37.5 Å². The number of rotatable bonds is 5. The van der Waals surface area contributed by atoms with Crippen molar-refractivity contribution in [2.45, 2.75) is 39.7 Å². The van der Waals surface area contributed by atoms with Gasteiger partial charge in [0.2, 0.25) is 0 Å². The van der Waals surface area contributed by atoms with Crippen molar-refractivity contribution in [1.29, 1.82) is 0 Å². The van der Waals surface area contributed by atoms with Gasteiger partial charge in [0.25, 0.3) is 0 Å². The van der Waals surface area contributed by atoms with E-state index in [1.807, 2.05) is 19.1 Å². The maximum absolute atomic E-state index is 11.0. The third-order valence-corrected chi connectivity index (χ3v) is 2.82. The van der Waals surface area contributed by atoms with E-state index in [0.717, 1.165) is 24.1 Å². The summed E-state index contributed by atoms with van der Waals surface area (Å²) in [4.78, 5) is 11.0. The van der Waals surface area contributed by atoms with E-state index in [-0.39, 0.29) is 0 Å². The lowest BCUT2D eigenvalue weighted by Gasteiger charge is -2.17. The Morgan fingerprint density at radius 2 is 2.00 bits per heavy atom. The normalized spacial score (nSPS) is 10.5. The first-order valence-electron chi connectivity index (χ1n) is 5.69. The average Bonchev–Trinajstić information content (AvgIpc) is 2.27. The molecule has 0 atom stereocenters. The lowest BCUT2D eigenvalue weighted by atomic mass is 10.1. The van der Waals surface area contributed by atoms with Gasteiger partial charge in [0.05, 0.1) is 5.56 Å². The summed E-state index contributed by atoms with van der Waals surface area (Å²) in [5.41, 5.74) is 2.05. The Balaban J connectivity index is 2.90. The zero-order chi connectivity index (χ0) is 12.1. The minimum Gasteiger partial charge on any atom is -0.478 e. The largest absolute Gasteiger partial charge is 0.478 e. The van der Waals surface area contributed by atoms with Crippen molar-refractivity contribution in [3.05, 3.63) is 29.3 Å². The van der Waals surface area contributed by atoms with E-state index >= 15 is 0 Å². The number of carbonyl (C=O) groups is 1. The second-order valence-electron chi connectivity index (χ2n) is 3.99. The van der Waals surface area contributed by atoms with E-state index in [1.54, 1.807) is 6.07 Å². The van der Waals surface area contributed by atoms with Gasteiger partial charge in [0.15, 0.2) is 0 Å². The van der Waals surface area contributed by atoms with Gasteiger partial charge in [-0.2, -0.15) is 0 Å². The molecule has 2 N–H and O–H groups in total. The molecule has 3 heteroatoms. The lowest BCUT2D eigenvalue weighted by Crippen LogP contribution is -2.17. The van der Waals surface area contributed by atoms with Crippen LogP contribution in [0.2, 0.25) is 0 Å². The Morgan fingerprint density at radius 3 is 2.50 bits per heavy atom. The fourth-order valence-corrected chi connectivity index (χ4v) is 1.67. The summed E-state index contributed by atoms with van der Waals surface area (Å²) in [6, 6.07) is 5.88. The Hall–Kier alpha value is -1.51. The summed E-state index contributed by atoms with van der Waals surface area (Å²) in [7, 11) is 0. The van der Waals surface area contributed by atoms with Crippen molar-refractivity contribution in [3.8, 4) is 0 Å². The van der Waals surface area contributed by atoms with Crippen LogP contribution in [0.25, 0.3) is 0 Å². The average molecular weight is 221 g/mol. The van der Waals surface area contributed by atoms with Gasteiger partial charge < -0.3 is 10.4 Å². The van der Waals surface area contributed by atoms with Crippen molar-refractivity contribution in [1.82, 2.24) is 0 Å². The third kappa shape index (κ3) is 2.99. The number of benzene rings is 1. The number of nitrogens with one attached hydrogen (secondary N) is 1. The van der Waals surface area contributed by atoms with Gasteiger partial charge in [0, 0.05) is 11.7 Å². The quantitative estimate of drug-likeness (QED) is 0.802. The minimum absolute atomic E-state index is 0.371. The number of aromatic carboxylic acids is 1. The van der Waals surface area contributed by atoms with Gasteiger partial charge in [-0.3, -0.25) is 0 Å². The molecule has 0 unspecified atom stereocenters. The van der Waals surface area contributed by atoms with Gasteiger partial charge in [-0.25, -0.2) is 4.79 Å². The first-order chi connectivity index (χ1) is 7.58. The Kier molecular flexibility index (Phi) is 4.35. The second kappa shape index (κ2) is 5.54. The zero-order valence-corrected chi connectivity index (χ0v) is 10.1. The number of anilines is 1. The van der Waals surface area contributed by atoms with E-state index < -0.39 is 5.97 Å².